The van der Waals surface area contributed by atoms with E-state index in [0.717, 1.165) is 0 Å². The Morgan fingerprint density at radius 3 is 1.00 bits per heavy atom. The number of benzene rings is 6. The monoisotopic (exact) mass is 648 g/mol. The molecule has 0 radical (unpaired) electrons. The maximum Gasteiger partial charge on any atom is 0.166 e. The third-order valence-electron chi connectivity index (χ3n) is 9.60. The molecule has 0 saturated heterocycles. The third-order valence-corrected chi connectivity index (χ3v) is 14.0. The second-order valence-electron chi connectivity index (χ2n) is 12.6. The van der Waals surface area contributed by atoms with Gasteiger partial charge < -0.3 is 0 Å². The zero-order valence-electron chi connectivity index (χ0n) is 27.6. The Bertz CT molecular complexity index is 1680. The minimum atomic E-state index is -0.177. The molecule has 0 nitrogen and oxygen atoms in total. The van der Waals surface area contributed by atoms with Crippen LogP contribution < -0.4 is 0 Å². The molecule has 0 saturated carbocycles. The molecule has 0 amide bonds. The number of unbranched alkanes of at least 4 members (excludes halogenated alkanes) is 2. The first-order valence-electron chi connectivity index (χ1n) is 17.2. The summed E-state index contributed by atoms with van der Waals surface area (Å²) in [5.41, 5.74) is 5.98. The first-order valence-corrected chi connectivity index (χ1v) is 19.7. The molecule has 1 aliphatic carbocycles. The van der Waals surface area contributed by atoms with Crippen molar-refractivity contribution < 1.29 is 0 Å². The molecule has 0 unspecified atom stereocenters. The van der Waals surface area contributed by atoms with Crippen LogP contribution in [0.2, 0.25) is 0 Å². The molecule has 47 heavy (non-hydrogen) atoms. The minimum Gasteiger partial charge on any atom is -0.0654 e. The van der Waals surface area contributed by atoms with Crippen LogP contribution in [0.15, 0.2) is 187 Å². The highest BCUT2D eigenvalue weighted by Gasteiger charge is 2.45. The van der Waals surface area contributed by atoms with Gasteiger partial charge in [0.25, 0.3) is 0 Å². The van der Waals surface area contributed by atoms with Gasteiger partial charge in [-0.25, -0.2) is 0 Å². The Labute approximate surface area is 287 Å². The first-order chi connectivity index (χ1) is 23.2. The van der Waals surface area contributed by atoms with E-state index in [4.69, 9.17) is 0 Å². The van der Waals surface area contributed by atoms with Gasteiger partial charge in [0, 0.05) is 5.41 Å². The molecule has 0 N–H and O–H groups in total. The van der Waals surface area contributed by atoms with Crippen LogP contribution in [-0.4, -0.2) is 0 Å². The fourth-order valence-electron chi connectivity index (χ4n) is 7.37. The summed E-state index contributed by atoms with van der Waals surface area (Å²) in [7, 11) is -0.354. The van der Waals surface area contributed by atoms with Gasteiger partial charge in [0.2, 0.25) is 0 Å². The maximum absolute atomic E-state index is 2.62. The molecule has 2 heteroatoms. The van der Waals surface area contributed by atoms with Gasteiger partial charge in [-0.2, -0.15) is 0 Å². The van der Waals surface area contributed by atoms with Gasteiger partial charge in [0.05, 0.1) is 21.8 Å². The van der Waals surface area contributed by atoms with Crippen LogP contribution in [0, 0.1) is 0 Å². The van der Waals surface area contributed by atoms with Crippen LogP contribution in [0.1, 0.15) is 63.5 Å². The van der Waals surface area contributed by atoms with E-state index >= 15 is 0 Å². The molecule has 0 atom stereocenters. The lowest BCUT2D eigenvalue weighted by molar-refractivity contribution is 0.413. The van der Waals surface area contributed by atoms with Crippen LogP contribution in [-0.2, 0) is 27.2 Å². The van der Waals surface area contributed by atoms with Crippen LogP contribution in [0.5, 0.6) is 0 Å². The molecule has 7 rings (SSSR count). The van der Waals surface area contributed by atoms with E-state index in [1.807, 2.05) is 0 Å². The van der Waals surface area contributed by atoms with Crippen molar-refractivity contribution in [1.29, 1.82) is 0 Å². The van der Waals surface area contributed by atoms with E-state index in [-0.39, 0.29) is 27.2 Å². The summed E-state index contributed by atoms with van der Waals surface area (Å²) < 4.78 is 0. The predicted molar refractivity (Wildman–Crippen MR) is 202 cm³/mol. The Morgan fingerprint density at radius 1 is 0.383 bits per heavy atom. The van der Waals surface area contributed by atoms with Crippen molar-refractivity contribution in [1.82, 2.24) is 0 Å². The Balaban J connectivity index is 1.42. The molecule has 0 bridgehead atoms. The lowest BCUT2D eigenvalue weighted by Gasteiger charge is -2.32. The third kappa shape index (κ3) is 6.22. The van der Waals surface area contributed by atoms with E-state index < -0.39 is 0 Å². The van der Waals surface area contributed by atoms with Gasteiger partial charge in [-0.3, -0.25) is 0 Å². The standard InChI is InChI=1S/C45H44S2/c1-3-5-31-45(32-6-4-2)43-33-39(46(35-19-11-7-12-20-35)36-21-13-8-14-22-36)27-29-41(43)42-30-28-40(34-44(42)45)47(37-23-15-9-16-24-37)38-25-17-10-18-26-38/h7-30,33-34H,3-6,31-32H2,1-2H3/q+2. The SMILES string of the molecule is CCCCC1(CCCC)c2cc([S+](c3ccccc3)c3ccccc3)ccc2-c2ccc([S+](c3ccccc3)c3ccccc3)cc21. The molecule has 1 aliphatic rings. The smallest absolute Gasteiger partial charge is 0.0654 e. The lowest BCUT2D eigenvalue weighted by Crippen LogP contribution is -2.26. The van der Waals surface area contributed by atoms with E-state index in [1.165, 1.54) is 79.0 Å². The Morgan fingerprint density at radius 2 is 0.702 bits per heavy atom. The van der Waals surface area contributed by atoms with E-state index in [9.17, 15) is 0 Å². The van der Waals surface area contributed by atoms with Gasteiger partial charge in [-0.1, -0.05) is 112 Å². The Kier molecular flexibility index (Phi) is 9.70. The molecule has 6 aromatic carbocycles. The topological polar surface area (TPSA) is 0 Å². The summed E-state index contributed by atoms with van der Waals surface area (Å²) in [6.07, 6.45) is 7.23. The van der Waals surface area contributed by atoms with Crippen LogP contribution in [0.4, 0.5) is 0 Å². The van der Waals surface area contributed by atoms with E-state index in [2.05, 4.69) is 172 Å². The molecule has 0 fully saturated rings. The van der Waals surface area contributed by atoms with Gasteiger partial charge in [0.15, 0.2) is 29.4 Å². The van der Waals surface area contributed by atoms with Crippen molar-refractivity contribution in [3.8, 4) is 11.1 Å². The van der Waals surface area contributed by atoms with Crippen molar-refractivity contribution in [3.63, 3.8) is 0 Å². The molecule has 0 aromatic heterocycles. The predicted octanol–water partition coefficient (Wildman–Crippen LogP) is 12.5. The average molecular weight is 649 g/mol. The summed E-state index contributed by atoms with van der Waals surface area (Å²) in [4.78, 5) is 8.33. The second kappa shape index (κ2) is 14.4. The molecular weight excluding hydrogens is 605 g/mol. The van der Waals surface area contributed by atoms with Crippen LogP contribution in [0.25, 0.3) is 11.1 Å². The van der Waals surface area contributed by atoms with Crippen molar-refractivity contribution in [2.24, 2.45) is 0 Å². The van der Waals surface area contributed by atoms with Gasteiger partial charge in [-0.15, -0.1) is 0 Å². The summed E-state index contributed by atoms with van der Waals surface area (Å²) in [6, 6.07) is 59.5. The zero-order valence-corrected chi connectivity index (χ0v) is 29.2. The maximum atomic E-state index is 2.62. The molecule has 6 aromatic rings. The second-order valence-corrected chi connectivity index (χ2v) is 16.6. The largest absolute Gasteiger partial charge is 0.166 e. The highest BCUT2D eigenvalue weighted by atomic mass is 32.2. The fourth-order valence-corrected chi connectivity index (χ4v) is 11.6. The minimum absolute atomic E-state index is 0.00746. The number of hydrogen-bond donors (Lipinski definition) is 0. The molecule has 234 valence electrons. The summed E-state index contributed by atoms with van der Waals surface area (Å²) in [6.45, 7) is 4.70. The van der Waals surface area contributed by atoms with Crippen molar-refractivity contribution in [2.45, 2.75) is 87.2 Å². The highest BCUT2D eigenvalue weighted by molar-refractivity contribution is 7.97. The molecule has 0 heterocycles. The highest BCUT2D eigenvalue weighted by Crippen LogP contribution is 2.56. The summed E-state index contributed by atoms with van der Waals surface area (Å²) in [5.74, 6) is 0. The first kappa shape index (κ1) is 31.6. The van der Waals surface area contributed by atoms with Crippen LogP contribution in [0.3, 0.4) is 0 Å². The quantitative estimate of drug-likeness (QED) is 0.116. The van der Waals surface area contributed by atoms with Gasteiger partial charge >= 0.3 is 0 Å². The summed E-state index contributed by atoms with van der Waals surface area (Å²) in [5, 5.41) is 0. The van der Waals surface area contributed by atoms with Crippen molar-refractivity contribution in [2.75, 3.05) is 0 Å². The van der Waals surface area contributed by atoms with Gasteiger partial charge in [-0.05, 0) is 120 Å². The number of hydrogen-bond acceptors (Lipinski definition) is 0. The van der Waals surface area contributed by atoms with Gasteiger partial charge in [0.1, 0.15) is 0 Å². The average Bonchev–Trinajstić information content (AvgIpc) is 3.40. The fraction of sp³-hybridized carbons (Fsp3) is 0.200. The number of fused-ring (bicyclic) bond motifs is 3. The number of rotatable bonds is 12. The Hall–Kier alpha value is -3.98. The lowest BCUT2D eigenvalue weighted by atomic mass is 9.71. The summed E-state index contributed by atoms with van der Waals surface area (Å²) >= 11 is 0. The molecule has 0 spiro atoms. The molecule has 0 aliphatic heterocycles. The normalized spacial score (nSPS) is 13.1. The van der Waals surface area contributed by atoms with Crippen LogP contribution >= 0.6 is 0 Å². The zero-order chi connectivity index (χ0) is 32.1. The van der Waals surface area contributed by atoms with E-state index in [1.54, 1.807) is 11.1 Å². The van der Waals surface area contributed by atoms with Crippen molar-refractivity contribution >= 4 is 21.8 Å². The molecular formula is C45H44S2+2. The van der Waals surface area contributed by atoms with E-state index in [0.29, 0.717) is 0 Å². The van der Waals surface area contributed by atoms with Crippen molar-refractivity contribution in [3.05, 3.63) is 169 Å².